The molecule has 3 aromatic rings. The van der Waals surface area contributed by atoms with Gasteiger partial charge in [-0.1, -0.05) is 0 Å². The molecule has 4 rings (SSSR count). The largest absolute Gasteiger partial charge is 0.479 e. The van der Waals surface area contributed by atoms with Crippen LogP contribution in [-0.4, -0.2) is 39.1 Å². The minimum Gasteiger partial charge on any atom is -0.479 e. The highest BCUT2D eigenvalue weighted by molar-refractivity contribution is 5.97. The number of amidine groups is 1. The summed E-state index contributed by atoms with van der Waals surface area (Å²) in [4.78, 5) is 23.3. The van der Waals surface area contributed by atoms with Gasteiger partial charge < -0.3 is 13.7 Å². The van der Waals surface area contributed by atoms with E-state index in [-0.39, 0.29) is 6.04 Å². The van der Waals surface area contributed by atoms with E-state index in [2.05, 4.69) is 25.4 Å². The number of aliphatic imine (C=N–C) groups is 1. The smallest absolute Gasteiger partial charge is 0.238 e. The van der Waals surface area contributed by atoms with Gasteiger partial charge in [-0.15, -0.1) is 0 Å². The quantitative estimate of drug-likeness (QED) is 0.753. The predicted molar refractivity (Wildman–Crippen MR) is 97.0 cm³/mol. The topological polar surface area (TPSA) is 99.6 Å². The Labute approximate surface area is 156 Å². The third-order valence-corrected chi connectivity index (χ3v) is 4.20. The summed E-state index contributed by atoms with van der Waals surface area (Å²) in [6, 6.07) is 3.47. The van der Waals surface area contributed by atoms with Crippen molar-refractivity contribution in [3.63, 3.8) is 0 Å². The van der Waals surface area contributed by atoms with Crippen molar-refractivity contribution in [2.75, 3.05) is 13.7 Å². The van der Waals surface area contributed by atoms with E-state index in [9.17, 15) is 0 Å². The molecular weight excluding hydrogens is 348 g/mol. The number of nitrogens with zero attached hydrogens (tertiary/aromatic N) is 5. The molecule has 0 radical (unpaired) electrons. The lowest BCUT2D eigenvalue weighted by Crippen LogP contribution is -2.33. The number of imidazole rings is 1. The van der Waals surface area contributed by atoms with Gasteiger partial charge >= 0.3 is 0 Å². The van der Waals surface area contributed by atoms with Gasteiger partial charge in [-0.2, -0.15) is 0 Å². The molecule has 0 aromatic carbocycles. The Morgan fingerprint density at radius 3 is 2.74 bits per heavy atom. The van der Waals surface area contributed by atoms with Gasteiger partial charge in [0.2, 0.25) is 5.88 Å². The average molecular weight is 368 g/mol. The molecule has 0 saturated carbocycles. The zero-order chi connectivity index (χ0) is 19.0. The molecule has 0 saturated heterocycles. The molecule has 0 spiro atoms. The molecule has 4 heterocycles. The van der Waals surface area contributed by atoms with Crippen molar-refractivity contribution in [3.05, 3.63) is 53.4 Å². The molecule has 9 heteroatoms. The fraction of sp³-hybridized carbons (Fsp3) is 0.333. The van der Waals surface area contributed by atoms with Crippen LogP contribution in [-0.2, 0) is 4.84 Å². The number of aryl methyl sites for hydroxylation is 3. The van der Waals surface area contributed by atoms with Crippen LogP contribution in [0.4, 0.5) is 0 Å². The van der Waals surface area contributed by atoms with Crippen LogP contribution in [0.3, 0.4) is 0 Å². The Hall–Kier alpha value is -3.20. The van der Waals surface area contributed by atoms with Crippen molar-refractivity contribution in [2.45, 2.75) is 26.8 Å². The molecule has 9 nitrogen and oxygen atoms in total. The summed E-state index contributed by atoms with van der Waals surface area (Å²) in [5, 5.41) is 0. The first-order valence-electron chi connectivity index (χ1n) is 8.51. The zero-order valence-electron chi connectivity index (χ0n) is 15.6. The van der Waals surface area contributed by atoms with Crippen LogP contribution in [0.2, 0.25) is 0 Å². The number of methoxy groups -OCH3 is 1. The maximum Gasteiger partial charge on any atom is 0.238 e. The standard InChI is InChI=1S/C18H20N6O3/c1-10-7-24(9-19-10)15-6-5-13(22-18(15)25-4)17-21-14(8-26-23-17)16-11(2)20-12(3)27-16/h5-7,9,14H,8H2,1-4H3,(H,21,23). The van der Waals surface area contributed by atoms with Crippen molar-refractivity contribution in [2.24, 2.45) is 4.99 Å². The van der Waals surface area contributed by atoms with Gasteiger partial charge in [0.1, 0.15) is 24.0 Å². The molecule has 0 aliphatic carbocycles. The maximum absolute atomic E-state index is 5.68. The lowest BCUT2D eigenvalue weighted by atomic mass is 10.2. The summed E-state index contributed by atoms with van der Waals surface area (Å²) in [7, 11) is 1.58. The van der Waals surface area contributed by atoms with Gasteiger partial charge in [0.05, 0.1) is 24.8 Å². The SMILES string of the molecule is COc1nc(C2=NC(c3oc(C)nc3C)CON2)ccc1-n1cnc(C)c1. The number of hydrogen-bond acceptors (Lipinski definition) is 8. The molecule has 1 unspecified atom stereocenters. The van der Waals surface area contributed by atoms with E-state index in [4.69, 9.17) is 14.0 Å². The normalized spacial score (nSPS) is 16.7. The Morgan fingerprint density at radius 2 is 2.07 bits per heavy atom. The van der Waals surface area contributed by atoms with E-state index in [0.717, 1.165) is 17.1 Å². The summed E-state index contributed by atoms with van der Waals surface area (Å²) in [6.45, 7) is 5.98. The maximum atomic E-state index is 5.68. The fourth-order valence-corrected chi connectivity index (χ4v) is 2.98. The number of hydroxylamine groups is 1. The molecule has 0 bridgehead atoms. The van der Waals surface area contributed by atoms with Gasteiger partial charge in [-0.05, 0) is 26.0 Å². The van der Waals surface area contributed by atoms with Crippen molar-refractivity contribution in [1.29, 1.82) is 0 Å². The number of pyridine rings is 1. The van der Waals surface area contributed by atoms with Crippen LogP contribution in [0, 0.1) is 20.8 Å². The van der Waals surface area contributed by atoms with E-state index in [1.807, 2.05) is 43.7 Å². The Bertz CT molecular complexity index is 1010. The molecule has 1 aliphatic rings. The van der Waals surface area contributed by atoms with Crippen LogP contribution in [0.25, 0.3) is 5.69 Å². The Kier molecular flexibility index (Phi) is 4.36. The molecule has 140 valence electrons. The summed E-state index contributed by atoms with van der Waals surface area (Å²) in [6.07, 6.45) is 3.63. The second-order valence-electron chi connectivity index (χ2n) is 6.24. The molecule has 1 N–H and O–H groups in total. The molecule has 3 aromatic heterocycles. The van der Waals surface area contributed by atoms with E-state index in [1.165, 1.54) is 0 Å². The van der Waals surface area contributed by atoms with Gasteiger partial charge in [0, 0.05) is 13.1 Å². The number of nitrogens with one attached hydrogen (secondary N) is 1. The number of oxazole rings is 1. The number of aromatic nitrogens is 4. The minimum absolute atomic E-state index is 0.286. The highest BCUT2D eigenvalue weighted by atomic mass is 16.6. The summed E-state index contributed by atoms with van der Waals surface area (Å²) >= 11 is 0. The Morgan fingerprint density at radius 1 is 1.22 bits per heavy atom. The van der Waals surface area contributed by atoms with Crippen LogP contribution < -0.4 is 10.2 Å². The van der Waals surface area contributed by atoms with Crippen molar-refractivity contribution in [1.82, 2.24) is 25.0 Å². The second kappa shape index (κ2) is 6.84. The number of ether oxygens (including phenoxy) is 1. The second-order valence-corrected chi connectivity index (χ2v) is 6.24. The third-order valence-electron chi connectivity index (χ3n) is 4.20. The molecular formula is C18H20N6O3. The molecule has 0 fully saturated rings. The number of hydrogen-bond donors (Lipinski definition) is 1. The fourth-order valence-electron chi connectivity index (χ4n) is 2.98. The van der Waals surface area contributed by atoms with Crippen LogP contribution in [0.5, 0.6) is 5.88 Å². The first kappa shape index (κ1) is 17.2. The number of rotatable bonds is 4. The van der Waals surface area contributed by atoms with Crippen molar-refractivity contribution >= 4 is 5.84 Å². The first-order valence-corrected chi connectivity index (χ1v) is 8.51. The highest BCUT2D eigenvalue weighted by Gasteiger charge is 2.25. The van der Waals surface area contributed by atoms with Gasteiger partial charge in [0.15, 0.2) is 17.5 Å². The predicted octanol–water partition coefficient (Wildman–Crippen LogP) is 2.21. The molecule has 27 heavy (non-hydrogen) atoms. The molecule has 1 aliphatic heterocycles. The van der Waals surface area contributed by atoms with Gasteiger partial charge in [0.25, 0.3) is 0 Å². The lowest BCUT2D eigenvalue weighted by Gasteiger charge is -2.21. The molecule has 0 amide bonds. The van der Waals surface area contributed by atoms with E-state index in [0.29, 0.717) is 35.7 Å². The van der Waals surface area contributed by atoms with E-state index in [1.54, 1.807) is 13.4 Å². The van der Waals surface area contributed by atoms with Crippen molar-refractivity contribution in [3.8, 4) is 11.6 Å². The monoisotopic (exact) mass is 368 g/mol. The zero-order valence-corrected chi connectivity index (χ0v) is 15.6. The van der Waals surface area contributed by atoms with Crippen LogP contribution >= 0.6 is 0 Å². The molecule has 1 atom stereocenters. The van der Waals surface area contributed by atoms with E-state index < -0.39 is 0 Å². The van der Waals surface area contributed by atoms with Gasteiger partial charge in [-0.25, -0.2) is 20.4 Å². The minimum atomic E-state index is -0.286. The summed E-state index contributed by atoms with van der Waals surface area (Å²) < 4.78 is 13.0. The highest BCUT2D eigenvalue weighted by Crippen LogP contribution is 2.26. The average Bonchev–Trinajstić information content (AvgIpc) is 3.26. The van der Waals surface area contributed by atoms with E-state index >= 15 is 0 Å². The summed E-state index contributed by atoms with van der Waals surface area (Å²) in [5.74, 6) is 2.27. The third kappa shape index (κ3) is 3.28. The van der Waals surface area contributed by atoms with Crippen molar-refractivity contribution < 1.29 is 14.0 Å². The summed E-state index contributed by atoms with van der Waals surface area (Å²) in [5.41, 5.74) is 5.94. The lowest BCUT2D eigenvalue weighted by molar-refractivity contribution is 0.0574. The Balaban J connectivity index is 1.69. The van der Waals surface area contributed by atoms with Crippen LogP contribution in [0.15, 0.2) is 34.1 Å². The van der Waals surface area contributed by atoms with Gasteiger partial charge in [-0.3, -0.25) is 9.83 Å². The van der Waals surface area contributed by atoms with Crippen LogP contribution in [0.1, 0.15) is 34.8 Å². The first-order chi connectivity index (χ1) is 13.0.